The summed E-state index contributed by atoms with van der Waals surface area (Å²) < 4.78 is 0. The molecule has 0 saturated carbocycles. The van der Waals surface area contributed by atoms with E-state index in [2.05, 4.69) is 35.6 Å². The van der Waals surface area contributed by atoms with Gasteiger partial charge in [0.05, 0.1) is 0 Å². The molecule has 84 valence electrons. The molecule has 0 aliphatic carbocycles. The van der Waals surface area contributed by atoms with E-state index in [9.17, 15) is 0 Å². The molecular weight excluding hydrogens is 210 g/mol. The van der Waals surface area contributed by atoms with Crippen molar-refractivity contribution in [1.29, 1.82) is 0 Å². The number of nitrogens with zero attached hydrogens (tertiary/aromatic N) is 3. The predicted octanol–water partition coefficient (Wildman–Crippen LogP) is 2.92. The van der Waals surface area contributed by atoms with E-state index in [0.717, 1.165) is 11.4 Å². The van der Waals surface area contributed by atoms with Crippen molar-refractivity contribution in [2.75, 3.05) is 11.9 Å². The standard InChI is InChI=1S/C11H18ClN3/c1-7(2)9(4)15(5)10-8(3)6-13-11(12)14-10/h6-7,9H,1-5H3. The lowest BCUT2D eigenvalue weighted by Crippen LogP contribution is -2.34. The van der Waals surface area contributed by atoms with Gasteiger partial charge in [-0.2, -0.15) is 0 Å². The number of aromatic nitrogens is 2. The summed E-state index contributed by atoms with van der Waals surface area (Å²) in [6.07, 6.45) is 1.76. The Morgan fingerprint density at radius 1 is 1.33 bits per heavy atom. The number of halogens is 1. The van der Waals surface area contributed by atoms with Crippen LogP contribution in [0.2, 0.25) is 5.28 Å². The van der Waals surface area contributed by atoms with Gasteiger partial charge < -0.3 is 4.90 Å². The van der Waals surface area contributed by atoms with E-state index in [1.165, 1.54) is 0 Å². The highest BCUT2D eigenvalue weighted by molar-refractivity contribution is 6.28. The molecule has 1 unspecified atom stereocenters. The van der Waals surface area contributed by atoms with Gasteiger partial charge in [0.15, 0.2) is 0 Å². The summed E-state index contributed by atoms with van der Waals surface area (Å²) >= 11 is 5.80. The topological polar surface area (TPSA) is 29.0 Å². The van der Waals surface area contributed by atoms with Gasteiger partial charge in [-0.3, -0.25) is 0 Å². The smallest absolute Gasteiger partial charge is 0.224 e. The van der Waals surface area contributed by atoms with E-state index < -0.39 is 0 Å². The Kier molecular flexibility index (Phi) is 3.91. The van der Waals surface area contributed by atoms with Gasteiger partial charge in [0, 0.05) is 24.8 Å². The van der Waals surface area contributed by atoms with Crippen molar-refractivity contribution < 1.29 is 0 Å². The maximum Gasteiger partial charge on any atom is 0.224 e. The summed E-state index contributed by atoms with van der Waals surface area (Å²) in [6, 6.07) is 0.426. The van der Waals surface area contributed by atoms with Crippen molar-refractivity contribution in [2.45, 2.75) is 33.7 Å². The third kappa shape index (κ3) is 2.81. The van der Waals surface area contributed by atoms with Crippen molar-refractivity contribution in [3.63, 3.8) is 0 Å². The molecule has 0 bridgehead atoms. The molecule has 1 atom stereocenters. The Morgan fingerprint density at radius 3 is 2.47 bits per heavy atom. The number of hydrogen-bond acceptors (Lipinski definition) is 3. The molecule has 1 heterocycles. The van der Waals surface area contributed by atoms with Crippen LogP contribution in [0.4, 0.5) is 5.82 Å². The monoisotopic (exact) mass is 227 g/mol. The fourth-order valence-electron chi connectivity index (χ4n) is 1.41. The second-order valence-corrected chi connectivity index (χ2v) is 4.58. The minimum Gasteiger partial charge on any atom is -0.356 e. The number of anilines is 1. The maximum absolute atomic E-state index is 5.80. The van der Waals surface area contributed by atoms with Gasteiger partial charge in [-0.05, 0) is 31.4 Å². The van der Waals surface area contributed by atoms with Crippen molar-refractivity contribution in [3.8, 4) is 0 Å². The lowest BCUT2D eigenvalue weighted by Gasteiger charge is -2.29. The van der Waals surface area contributed by atoms with Crippen LogP contribution in [0.25, 0.3) is 0 Å². The van der Waals surface area contributed by atoms with Crippen LogP contribution in [-0.4, -0.2) is 23.1 Å². The summed E-state index contributed by atoms with van der Waals surface area (Å²) in [5.41, 5.74) is 1.05. The summed E-state index contributed by atoms with van der Waals surface area (Å²) in [5, 5.41) is 0.304. The first-order chi connectivity index (χ1) is 6.93. The largest absolute Gasteiger partial charge is 0.356 e. The van der Waals surface area contributed by atoms with Crippen LogP contribution in [-0.2, 0) is 0 Å². The highest BCUT2D eigenvalue weighted by Gasteiger charge is 2.16. The SMILES string of the molecule is Cc1cnc(Cl)nc1N(C)C(C)C(C)C. The Hall–Kier alpha value is -0.830. The Labute approximate surface area is 96.5 Å². The van der Waals surface area contributed by atoms with E-state index in [0.29, 0.717) is 17.2 Å². The van der Waals surface area contributed by atoms with Gasteiger partial charge in [-0.25, -0.2) is 9.97 Å². The van der Waals surface area contributed by atoms with Gasteiger partial charge in [0.1, 0.15) is 5.82 Å². The molecule has 1 rings (SSSR count). The molecule has 0 aromatic carbocycles. The molecule has 1 aromatic rings. The summed E-state index contributed by atoms with van der Waals surface area (Å²) in [4.78, 5) is 10.4. The summed E-state index contributed by atoms with van der Waals surface area (Å²) in [6.45, 7) is 8.56. The molecule has 0 saturated heterocycles. The third-order valence-corrected chi connectivity index (χ3v) is 3.01. The summed E-state index contributed by atoms with van der Waals surface area (Å²) in [7, 11) is 2.04. The average molecular weight is 228 g/mol. The van der Waals surface area contributed by atoms with E-state index in [1.807, 2.05) is 14.0 Å². The highest BCUT2D eigenvalue weighted by atomic mass is 35.5. The zero-order valence-electron chi connectivity index (χ0n) is 9.95. The van der Waals surface area contributed by atoms with Crippen LogP contribution in [0, 0.1) is 12.8 Å². The van der Waals surface area contributed by atoms with Crippen LogP contribution >= 0.6 is 11.6 Å². The first-order valence-electron chi connectivity index (χ1n) is 5.15. The molecule has 0 spiro atoms. The molecule has 0 aliphatic heterocycles. The van der Waals surface area contributed by atoms with Crippen molar-refractivity contribution in [2.24, 2.45) is 5.92 Å². The maximum atomic E-state index is 5.80. The molecule has 0 N–H and O–H groups in total. The molecular formula is C11H18ClN3. The van der Waals surface area contributed by atoms with Gasteiger partial charge >= 0.3 is 0 Å². The second-order valence-electron chi connectivity index (χ2n) is 4.24. The van der Waals surface area contributed by atoms with Gasteiger partial charge in [-0.1, -0.05) is 13.8 Å². The molecule has 0 aliphatic rings. The van der Waals surface area contributed by atoms with Crippen LogP contribution in [0.15, 0.2) is 6.20 Å². The van der Waals surface area contributed by atoms with Crippen LogP contribution in [0.1, 0.15) is 26.3 Å². The van der Waals surface area contributed by atoms with Crippen molar-refractivity contribution in [1.82, 2.24) is 9.97 Å². The van der Waals surface area contributed by atoms with E-state index in [-0.39, 0.29) is 0 Å². The third-order valence-electron chi connectivity index (χ3n) is 2.83. The highest BCUT2D eigenvalue weighted by Crippen LogP contribution is 2.21. The first kappa shape index (κ1) is 12.2. The Morgan fingerprint density at radius 2 is 1.93 bits per heavy atom. The molecule has 4 heteroatoms. The average Bonchev–Trinajstić information content (AvgIpc) is 2.19. The summed E-state index contributed by atoms with van der Waals surface area (Å²) in [5.74, 6) is 1.49. The van der Waals surface area contributed by atoms with Gasteiger partial charge in [-0.15, -0.1) is 0 Å². The molecule has 3 nitrogen and oxygen atoms in total. The lowest BCUT2D eigenvalue weighted by molar-refractivity contribution is 0.502. The van der Waals surface area contributed by atoms with Crippen molar-refractivity contribution in [3.05, 3.63) is 17.0 Å². The zero-order valence-corrected chi connectivity index (χ0v) is 10.7. The number of aryl methyl sites for hydroxylation is 1. The van der Waals surface area contributed by atoms with E-state index in [1.54, 1.807) is 6.20 Å². The fourth-order valence-corrected chi connectivity index (χ4v) is 1.54. The second kappa shape index (κ2) is 4.79. The molecule has 15 heavy (non-hydrogen) atoms. The first-order valence-corrected chi connectivity index (χ1v) is 5.53. The minimum atomic E-state index is 0.304. The number of rotatable bonds is 3. The Balaban J connectivity index is 2.99. The molecule has 0 radical (unpaired) electrons. The number of hydrogen-bond donors (Lipinski definition) is 0. The van der Waals surface area contributed by atoms with Crippen LogP contribution in [0.3, 0.4) is 0 Å². The van der Waals surface area contributed by atoms with Crippen LogP contribution < -0.4 is 4.90 Å². The minimum absolute atomic E-state index is 0.304. The van der Waals surface area contributed by atoms with Crippen LogP contribution in [0.5, 0.6) is 0 Å². The van der Waals surface area contributed by atoms with E-state index >= 15 is 0 Å². The zero-order chi connectivity index (χ0) is 11.6. The normalized spacial score (nSPS) is 13.0. The van der Waals surface area contributed by atoms with Crippen molar-refractivity contribution >= 4 is 17.4 Å². The fraction of sp³-hybridized carbons (Fsp3) is 0.636. The Bertz CT molecular complexity index is 339. The molecule has 0 amide bonds. The molecule has 0 fully saturated rings. The van der Waals surface area contributed by atoms with E-state index in [4.69, 9.17) is 11.6 Å². The molecule has 1 aromatic heterocycles. The van der Waals surface area contributed by atoms with Gasteiger partial charge in [0.25, 0.3) is 0 Å². The lowest BCUT2D eigenvalue weighted by atomic mass is 10.1. The van der Waals surface area contributed by atoms with Gasteiger partial charge in [0.2, 0.25) is 5.28 Å². The quantitative estimate of drug-likeness (QED) is 0.744. The predicted molar refractivity (Wildman–Crippen MR) is 64.5 cm³/mol.